The van der Waals surface area contributed by atoms with E-state index in [0.29, 0.717) is 5.95 Å². The van der Waals surface area contributed by atoms with E-state index < -0.39 is 0 Å². The zero-order chi connectivity index (χ0) is 13.8. The molecule has 0 atom stereocenters. The molecule has 102 valence electrons. The fourth-order valence-electron chi connectivity index (χ4n) is 2.10. The maximum Gasteiger partial charge on any atom is 0.223 e. The summed E-state index contributed by atoms with van der Waals surface area (Å²) in [5.41, 5.74) is 1.97. The summed E-state index contributed by atoms with van der Waals surface area (Å²) in [4.78, 5) is 17.9. The van der Waals surface area contributed by atoms with E-state index in [2.05, 4.69) is 33.9 Å². The largest absolute Gasteiger partial charge is 0.310 e. The van der Waals surface area contributed by atoms with Gasteiger partial charge in [-0.3, -0.25) is 10.1 Å². The number of imidazole rings is 1. The first-order chi connectivity index (χ1) is 9.08. The number of carbonyl (C=O) groups excluding carboxylic acids is 1. The van der Waals surface area contributed by atoms with Gasteiger partial charge in [-0.1, -0.05) is 12.1 Å². The SMILES string of the molecule is CC(=O)Nc1nc2ccccc2n1CCCN(C)C. The number of aryl methyl sites for hydroxylation is 1. The number of fused-ring (bicyclic) bond motifs is 1. The molecule has 0 spiro atoms. The van der Waals surface area contributed by atoms with E-state index in [1.807, 2.05) is 24.3 Å². The molecule has 0 aliphatic heterocycles. The van der Waals surface area contributed by atoms with Gasteiger partial charge < -0.3 is 9.47 Å². The Morgan fingerprint density at radius 1 is 1.37 bits per heavy atom. The molecule has 2 aromatic rings. The van der Waals surface area contributed by atoms with Crippen molar-refractivity contribution in [3.8, 4) is 0 Å². The van der Waals surface area contributed by atoms with Crippen molar-refractivity contribution in [2.75, 3.05) is 26.0 Å². The quantitative estimate of drug-likeness (QED) is 0.894. The Morgan fingerprint density at radius 3 is 2.79 bits per heavy atom. The molecule has 5 heteroatoms. The number of hydrogen-bond acceptors (Lipinski definition) is 3. The lowest BCUT2D eigenvalue weighted by molar-refractivity contribution is -0.114. The molecular formula is C14H20N4O. The third-order valence-corrected chi connectivity index (χ3v) is 2.93. The molecule has 0 aliphatic rings. The summed E-state index contributed by atoms with van der Waals surface area (Å²) in [6.07, 6.45) is 1.01. The molecule has 5 nitrogen and oxygen atoms in total. The maximum atomic E-state index is 11.3. The molecule has 0 bridgehead atoms. The summed E-state index contributed by atoms with van der Waals surface area (Å²) >= 11 is 0. The summed E-state index contributed by atoms with van der Waals surface area (Å²) in [7, 11) is 4.11. The molecule has 1 heterocycles. The van der Waals surface area contributed by atoms with Crippen molar-refractivity contribution in [1.29, 1.82) is 0 Å². The van der Waals surface area contributed by atoms with Crippen LogP contribution in [0.2, 0.25) is 0 Å². The highest BCUT2D eigenvalue weighted by atomic mass is 16.1. The second kappa shape index (κ2) is 5.84. The van der Waals surface area contributed by atoms with Crippen molar-refractivity contribution in [1.82, 2.24) is 14.5 Å². The number of amides is 1. The number of para-hydroxylation sites is 2. The van der Waals surface area contributed by atoms with Gasteiger partial charge in [-0.05, 0) is 39.2 Å². The molecule has 0 unspecified atom stereocenters. The number of carbonyl (C=O) groups is 1. The highest BCUT2D eigenvalue weighted by Gasteiger charge is 2.10. The second-order valence-electron chi connectivity index (χ2n) is 4.91. The highest BCUT2D eigenvalue weighted by Crippen LogP contribution is 2.19. The smallest absolute Gasteiger partial charge is 0.223 e. The zero-order valence-corrected chi connectivity index (χ0v) is 11.7. The lowest BCUT2D eigenvalue weighted by Gasteiger charge is -2.12. The van der Waals surface area contributed by atoms with E-state index >= 15 is 0 Å². The molecule has 1 amide bonds. The van der Waals surface area contributed by atoms with E-state index in [-0.39, 0.29) is 5.91 Å². The van der Waals surface area contributed by atoms with Gasteiger partial charge in [0.25, 0.3) is 0 Å². The molecule has 0 radical (unpaired) electrons. The minimum Gasteiger partial charge on any atom is -0.310 e. The predicted octanol–water partition coefficient (Wildman–Crippen LogP) is 1.95. The molecule has 1 aromatic carbocycles. The molecule has 1 N–H and O–H groups in total. The molecule has 19 heavy (non-hydrogen) atoms. The zero-order valence-electron chi connectivity index (χ0n) is 11.7. The molecule has 0 fully saturated rings. The maximum absolute atomic E-state index is 11.3. The summed E-state index contributed by atoms with van der Waals surface area (Å²) in [5, 5.41) is 2.80. The van der Waals surface area contributed by atoms with Gasteiger partial charge in [-0.15, -0.1) is 0 Å². The van der Waals surface area contributed by atoms with E-state index in [9.17, 15) is 4.79 Å². The molecular weight excluding hydrogens is 240 g/mol. The first-order valence-electron chi connectivity index (χ1n) is 6.45. The normalized spacial score (nSPS) is 11.2. The fraction of sp³-hybridized carbons (Fsp3) is 0.429. The van der Waals surface area contributed by atoms with Crippen LogP contribution in [0.25, 0.3) is 11.0 Å². The summed E-state index contributed by atoms with van der Waals surface area (Å²) in [5.74, 6) is 0.539. The summed E-state index contributed by atoms with van der Waals surface area (Å²) in [6.45, 7) is 3.35. The van der Waals surface area contributed by atoms with Crippen LogP contribution in [0, 0.1) is 0 Å². The Morgan fingerprint density at radius 2 is 2.11 bits per heavy atom. The number of aromatic nitrogens is 2. The predicted molar refractivity (Wildman–Crippen MR) is 77.2 cm³/mol. The lowest BCUT2D eigenvalue weighted by Crippen LogP contribution is -2.17. The highest BCUT2D eigenvalue weighted by molar-refractivity contribution is 5.89. The third-order valence-electron chi connectivity index (χ3n) is 2.93. The van der Waals surface area contributed by atoms with Gasteiger partial charge in [0.05, 0.1) is 11.0 Å². The topological polar surface area (TPSA) is 50.2 Å². The van der Waals surface area contributed by atoms with Crippen molar-refractivity contribution in [3.63, 3.8) is 0 Å². The van der Waals surface area contributed by atoms with E-state index in [1.165, 1.54) is 6.92 Å². The number of benzene rings is 1. The van der Waals surface area contributed by atoms with Gasteiger partial charge in [-0.25, -0.2) is 4.98 Å². The molecule has 0 saturated heterocycles. The summed E-state index contributed by atoms with van der Waals surface area (Å²) < 4.78 is 2.07. The van der Waals surface area contributed by atoms with Gasteiger partial charge >= 0.3 is 0 Å². The molecule has 1 aromatic heterocycles. The van der Waals surface area contributed by atoms with Crippen molar-refractivity contribution < 1.29 is 4.79 Å². The fourth-order valence-corrected chi connectivity index (χ4v) is 2.10. The number of hydrogen-bond donors (Lipinski definition) is 1. The Hall–Kier alpha value is -1.88. The second-order valence-corrected chi connectivity index (χ2v) is 4.91. The average molecular weight is 260 g/mol. The van der Waals surface area contributed by atoms with Crippen LogP contribution < -0.4 is 5.32 Å². The lowest BCUT2D eigenvalue weighted by atomic mass is 10.3. The monoisotopic (exact) mass is 260 g/mol. The van der Waals surface area contributed by atoms with Crippen LogP contribution in [0.4, 0.5) is 5.95 Å². The minimum absolute atomic E-state index is 0.0934. The van der Waals surface area contributed by atoms with E-state index in [1.54, 1.807) is 0 Å². The van der Waals surface area contributed by atoms with Gasteiger partial charge in [0.2, 0.25) is 11.9 Å². The van der Waals surface area contributed by atoms with Gasteiger partial charge in [0.15, 0.2) is 0 Å². The van der Waals surface area contributed by atoms with Crippen LogP contribution in [-0.4, -0.2) is 41.0 Å². The molecule has 0 aliphatic carbocycles. The number of anilines is 1. The number of rotatable bonds is 5. The van der Waals surface area contributed by atoms with Crippen LogP contribution in [0.1, 0.15) is 13.3 Å². The van der Waals surface area contributed by atoms with Crippen LogP contribution in [0.5, 0.6) is 0 Å². The first kappa shape index (κ1) is 13.5. The molecule has 2 rings (SSSR count). The standard InChI is InChI=1S/C14H20N4O/c1-11(19)15-14-16-12-7-4-5-8-13(12)18(14)10-6-9-17(2)3/h4-5,7-8H,6,9-10H2,1-3H3,(H,15,16,19). The minimum atomic E-state index is -0.0934. The Balaban J connectivity index is 2.28. The van der Waals surface area contributed by atoms with Crippen LogP contribution in [-0.2, 0) is 11.3 Å². The van der Waals surface area contributed by atoms with Crippen molar-refractivity contribution in [2.24, 2.45) is 0 Å². The Bertz CT molecular complexity index is 574. The van der Waals surface area contributed by atoms with Crippen LogP contribution in [0.3, 0.4) is 0 Å². The van der Waals surface area contributed by atoms with E-state index in [4.69, 9.17) is 0 Å². The Kier molecular flexibility index (Phi) is 4.16. The molecule has 0 saturated carbocycles. The third kappa shape index (κ3) is 3.32. The summed E-state index contributed by atoms with van der Waals surface area (Å²) in [6, 6.07) is 7.94. The van der Waals surface area contributed by atoms with Gasteiger partial charge in [0, 0.05) is 13.5 Å². The van der Waals surface area contributed by atoms with E-state index in [0.717, 1.165) is 30.5 Å². The van der Waals surface area contributed by atoms with Crippen LogP contribution in [0.15, 0.2) is 24.3 Å². The van der Waals surface area contributed by atoms with Gasteiger partial charge in [-0.2, -0.15) is 0 Å². The average Bonchev–Trinajstić information content (AvgIpc) is 2.66. The Labute approximate surface area is 113 Å². The van der Waals surface area contributed by atoms with Crippen molar-refractivity contribution in [3.05, 3.63) is 24.3 Å². The van der Waals surface area contributed by atoms with Crippen LogP contribution >= 0.6 is 0 Å². The number of nitrogens with zero attached hydrogens (tertiary/aromatic N) is 3. The van der Waals surface area contributed by atoms with Gasteiger partial charge in [0.1, 0.15) is 0 Å². The number of nitrogens with one attached hydrogen (secondary N) is 1. The van der Waals surface area contributed by atoms with Crippen molar-refractivity contribution >= 4 is 22.9 Å². The van der Waals surface area contributed by atoms with Crippen molar-refractivity contribution in [2.45, 2.75) is 19.9 Å². The first-order valence-corrected chi connectivity index (χ1v) is 6.45.